The number of carbonyl (C=O) groups is 2. The summed E-state index contributed by atoms with van der Waals surface area (Å²) < 4.78 is 40.1. The van der Waals surface area contributed by atoms with E-state index in [1.807, 2.05) is 6.92 Å². The lowest BCUT2D eigenvalue weighted by Gasteiger charge is -2.37. The second-order valence-corrected chi connectivity index (χ2v) is 5.56. The molecule has 1 fully saturated rings. The molecule has 5 nitrogen and oxygen atoms in total. The largest absolute Gasteiger partial charge is 0.573 e. The Balaban J connectivity index is 2.11. The number of rotatable bonds is 3. The van der Waals surface area contributed by atoms with Gasteiger partial charge in [-0.25, -0.2) is 0 Å². The van der Waals surface area contributed by atoms with Crippen molar-refractivity contribution in [3.8, 4) is 5.75 Å². The van der Waals surface area contributed by atoms with Gasteiger partial charge in [0.05, 0.1) is 5.92 Å². The van der Waals surface area contributed by atoms with E-state index in [-0.39, 0.29) is 24.1 Å². The molecule has 1 saturated heterocycles. The molecular formula is C15H17F3N2O3. The van der Waals surface area contributed by atoms with Crippen molar-refractivity contribution in [1.82, 2.24) is 4.90 Å². The maximum absolute atomic E-state index is 12.5. The van der Waals surface area contributed by atoms with Gasteiger partial charge in [-0.2, -0.15) is 0 Å². The van der Waals surface area contributed by atoms with Crippen LogP contribution in [0.1, 0.15) is 30.1 Å². The molecule has 1 aliphatic heterocycles. The van der Waals surface area contributed by atoms with E-state index in [2.05, 4.69) is 4.74 Å². The van der Waals surface area contributed by atoms with E-state index in [1.54, 1.807) is 0 Å². The maximum atomic E-state index is 12.5. The van der Waals surface area contributed by atoms with Gasteiger partial charge in [0.15, 0.2) is 0 Å². The molecular weight excluding hydrogens is 313 g/mol. The van der Waals surface area contributed by atoms with Crippen molar-refractivity contribution in [2.75, 3.05) is 6.54 Å². The summed E-state index contributed by atoms with van der Waals surface area (Å²) in [6.07, 6.45) is -3.51. The first-order chi connectivity index (χ1) is 10.7. The first-order valence-electron chi connectivity index (χ1n) is 7.13. The molecule has 1 aromatic rings. The van der Waals surface area contributed by atoms with Crippen LogP contribution in [0.5, 0.6) is 5.75 Å². The zero-order valence-corrected chi connectivity index (χ0v) is 12.5. The summed E-state index contributed by atoms with van der Waals surface area (Å²) in [4.78, 5) is 25.3. The SMILES string of the molecule is C[C@@H]1CC[C@H](C(N)=O)CN1C(=O)c1ccc(OC(F)(F)F)cc1. The van der Waals surface area contributed by atoms with Crippen LogP contribution in [-0.4, -0.2) is 35.7 Å². The van der Waals surface area contributed by atoms with Crippen LogP contribution >= 0.6 is 0 Å². The van der Waals surface area contributed by atoms with Crippen molar-refractivity contribution < 1.29 is 27.5 Å². The van der Waals surface area contributed by atoms with Gasteiger partial charge in [-0.3, -0.25) is 9.59 Å². The minimum atomic E-state index is -4.78. The number of hydrogen-bond acceptors (Lipinski definition) is 3. The Bertz CT molecular complexity index is 587. The molecule has 23 heavy (non-hydrogen) atoms. The lowest BCUT2D eigenvalue weighted by atomic mass is 9.92. The summed E-state index contributed by atoms with van der Waals surface area (Å²) in [5.74, 6) is -1.59. The van der Waals surface area contributed by atoms with E-state index in [4.69, 9.17) is 5.73 Å². The fourth-order valence-electron chi connectivity index (χ4n) is 2.59. The third-order valence-corrected chi connectivity index (χ3v) is 3.88. The number of benzene rings is 1. The van der Waals surface area contributed by atoms with Gasteiger partial charge in [-0.15, -0.1) is 13.2 Å². The van der Waals surface area contributed by atoms with Gasteiger partial charge in [0.2, 0.25) is 5.91 Å². The second-order valence-electron chi connectivity index (χ2n) is 5.56. The number of halogens is 3. The Labute approximate surface area is 131 Å². The van der Waals surface area contributed by atoms with E-state index in [1.165, 1.54) is 17.0 Å². The standard InChI is InChI=1S/C15H17F3N2O3/c1-9-2-3-11(13(19)21)8-20(9)14(22)10-4-6-12(7-5-10)23-15(16,17)18/h4-7,9,11H,2-3,8H2,1H3,(H2,19,21)/t9-,11+/m1/s1. The van der Waals surface area contributed by atoms with Crippen LogP contribution in [0.4, 0.5) is 13.2 Å². The van der Waals surface area contributed by atoms with Gasteiger partial charge in [-0.1, -0.05) is 0 Å². The minimum absolute atomic E-state index is 0.0656. The lowest BCUT2D eigenvalue weighted by Crippen LogP contribution is -2.48. The number of nitrogens with zero attached hydrogens (tertiary/aromatic N) is 1. The van der Waals surface area contributed by atoms with Crippen molar-refractivity contribution >= 4 is 11.8 Å². The Morgan fingerprint density at radius 3 is 2.35 bits per heavy atom. The molecule has 0 spiro atoms. The molecule has 0 aromatic heterocycles. The van der Waals surface area contributed by atoms with Crippen molar-refractivity contribution in [1.29, 1.82) is 0 Å². The zero-order valence-electron chi connectivity index (χ0n) is 12.5. The summed E-state index contributed by atoms with van der Waals surface area (Å²) in [6.45, 7) is 2.08. The van der Waals surface area contributed by atoms with Gasteiger partial charge < -0.3 is 15.4 Å². The molecule has 0 unspecified atom stereocenters. The highest BCUT2D eigenvalue weighted by Gasteiger charge is 2.33. The molecule has 0 saturated carbocycles. The second kappa shape index (κ2) is 6.47. The highest BCUT2D eigenvalue weighted by Crippen LogP contribution is 2.26. The van der Waals surface area contributed by atoms with Crippen molar-refractivity contribution in [3.05, 3.63) is 29.8 Å². The van der Waals surface area contributed by atoms with Gasteiger partial charge >= 0.3 is 6.36 Å². The number of piperidine rings is 1. The summed E-state index contributed by atoms with van der Waals surface area (Å²) in [5.41, 5.74) is 5.53. The number of ether oxygens (including phenoxy) is 1. The fourth-order valence-corrected chi connectivity index (χ4v) is 2.59. The van der Waals surface area contributed by atoms with E-state index >= 15 is 0 Å². The smallest absolute Gasteiger partial charge is 0.406 e. The molecule has 2 atom stereocenters. The molecule has 8 heteroatoms. The predicted octanol–water partition coefficient (Wildman–Crippen LogP) is 2.31. The molecule has 0 aliphatic carbocycles. The summed E-state index contributed by atoms with van der Waals surface area (Å²) >= 11 is 0. The van der Waals surface area contributed by atoms with Gasteiger partial charge in [-0.05, 0) is 44.0 Å². The molecule has 2 rings (SSSR count). The summed E-state index contributed by atoms with van der Waals surface area (Å²) in [5, 5.41) is 0. The number of carbonyl (C=O) groups excluding carboxylic acids is 2. The number of amides is 2. The van der Waals surface area contributed by atoms with Crippen LogP contribution in [0.2, 0.25) is 0 Å². The molecule has 0 bridgehead atoms. The van der Waals surface area contributed by atoms with Crippen molar-refractivity contribution in [2.45, 2.75) is 32.2 Å². The Morgan fingerprint density at radius 1 is 1.22 bits per heavy atom. The Morgan fingerprint density at radius 2 is 1.83 bits per heavy atom. The van der Waals surface area contributed by atoms with Crippen LogP contribution in [0.25, 0.3) is 0 Å². The normalized spacial score (nSPS) is 21.8. The van der Waals surface area contributed by atoms with Gasteiger partial charge in [0.1, 0.15) is 5.75 Å². The predicted molar refractivity (Wildman–Crippen MR) is 75.5 cm³/mol. The highest BCUT2D eigenvalue weighted by molar-refractivity contribution is 5.95. The summed E-state index contributed by atoms with van der Waals surface area (Å²) in [7, 11) is 0. The molecule has 2 N–H and O–H groups in total. The molecule has 1 heterocycles. The number of nitrogens with two attached hydrogens (primary N) is 1. The molecule has 1 aromatic carbocycles. The first kappa shape index (κ1) is 17.1. The van der Waals surface area contributed by atoms with Gasteiger partial charge in [0.25, 0.3) is 5.91 Å². The van der Waals surface area contributed by atoms with E-state index in [0.29, 0.717) is 12.8 Å². The van der Waals surface area contributed by atoms with Crippen molar-refractivity contribution in [3.63, 3.8) is 0 Å². The number of alkyl halides is 3. The first-order valence-corrected chi connectivity index (χ1v) is 7.13. The Hall–Kier alpha value is -2.25. The molecule has 1 aliphatic rings. The molecule has 2 amide bonds. The van der Waals surface area contributed by atoms with Crippen LogP contribution in [-0.2, 0) is 4.79 Å². The zero-order chi connectivity index (χ0) is 17.2. The van der Waals surface area contributed by atoms with Gasteiger partial charge in [0, 0.05) is 18.2 Å². The quantitative estimate of drug-likeness (QED) is 0.924. The Kier molecular flexibility index (Phi) is 4.82. The lowest BCUT2D eigenvalue weighted by molar-refractivity contribution is -0.274. The minimum Gasteiger partial charge on any atom is -0.406 e. The van der Waals surface area contributed by atoms with Crippen molar-refractivity contribution in [2.24, 2.45) is 11.7 Å². The number of likely N-dealkylation sites (tertiary alicyclic amines) is 1. The molecule has 0 radical (unpaired) electrons. The topological polar surface area (TPSA) is 72.6 Å². The maximum Gasteiger partial charge on any atom is 0.573 e. The van der Waals surface area contributed by atoms with Crippen LogP contribution < -0.4 is 10.5 Å². The number of primary amides is 1. The van der Waals surface area contributed by atoms with Crippen LogP contribution in [0.15, 0.2) is 24.3 Å². The number of hydrogen-bond donors (Lipinski definition) is 1. The van der Waals surface area contributed by atoms with Crippen LogP contribution in [0.3, 0.4) is 0 Å². The average Bonchev–Trinajstić information content (AvgIpc) is 2.46. The third kappa shape index (κ3) is 4.37. The monoisotopic (exact) mass is 330 g/mol. The summed E-state index contributed by atoms with van der Waals surface area (Å²) in [6, 6.07) is 4.64. The fraction of sp³-hybridized carbons (Fsp3) is 0.467. The average molecular weight is 330 g/mol. The highest BCUT2D eigenvalue weighted by atomic mass is 19.4. The molecule has 126 valence electrons. The van der Waals surface area contributed by atoms with E-state index < -0.39 is 23.9 Å². The van der Waals surface area contributed by atoms with E-state index in [9.17, 15) is 22.8 Å². The van der Waals surface area contributed by atoms with Crippen LogP contribution in [0, 0.1) is 5.92 Å². The van der Waals surface area contributed by atoms with E-state index in [0.717, 1.165) is 12.1 Å². The third-order valence-electron chi connectivity index (χ3n) is 3.88.